The maximum Gasteiger partial charge on any atom is 0.315 e. The summed E-state index contributed by atoms with van der Waals surface area (Å²) in [6.45, 7) is 2.53. The van der Waals surface area contributed by atoms with Crippen molar-refractivity contribution in [1.29, 1.82) is 5.26 Å². The van der Waals surface area contributed by atoms with Gasteiger partial charge >= 0.3 is 6.03 Å². The summed E-state index contributed by atoms with van der Waals surface area (Å²) < 4.78 is 0. The fourth-order valence-electron chi connectivity index (χ4n) is 2.66. The average molecular weight is 380 g/mol. The zero-order valence-corrected chi connectivity index (χ0v) is 15.7. The summed E-state index contributed by atoms with van der Waals surface area (Å²) in [5.74, 6) is -0.239. The standard InChI is InChI=1S/C21H24N4O3/c1-15-4-2-5-17(12-15)14-24-21(28)25-19(20(27)23-11-3-10-22)13-16-6-8-18(26)9-7-16/h2,4-9,12,19,26H,3,11,13-14H2,1H3,(H,23,27)(H2,24,25,28). The SMILES string of the molecule is Cc1cccc(CNC(=O)NC(Cc2ccc(O)cc2)C(=O)NCCC#N)c1. The third-order valence-electron chi connectivity index (χ3n) is 4.07. The number of nitrogens with zero attached hydrogens (tertiary/aromatic N) is 1. The summed E-state index contributed by atoms with van der Waals surface area (Å²) in [6.07, 6.45) is 0.452. The fourth-order valence-corrected chi connectivity index (χ4v) is 2.66. The number of nitrogens with one attached hydrogen (secondary N) is 3. The molecule has 2 aromatic rings. The van der Waals surface area contributed by atoms with Crippen LogP contribution in [0.4, 0.5) is 4.79 Å². The second-order valence-corrected chi connectivity index (χ2v) is 6.44. The number of hydrogen-bond acceptors (Lipinski definition) is 4. The lowest BCUT2D eigenvalue weighted by Gasteiger charge is -2.19. The molecule has 0 bridgehead atoms. The molecule has 146 valence electrons. The van der Waals surface area contributed by atoms with Gasteiger partial charge in [0.2, 0.25) is 5.91 Å². The highest BCUT2D eigenvalue weighted by Gasteiger charge is 2.21. The van der Waals surface area contributed by atoms with Gasteiger partial charge in [0.15, 0.2) is 0 Å². The molecule has 0 aliphatic heterocycles. The van der Waals surface area contributed by atoms with Crippen LogP contribution in [0.2, 0.25) is 0 Å². The summed E-state index contributed by atoms with van der Waals surface area (Å²) in [5.41, 5.74) is 2.85. The van der Waals surface area contributed by atoms with Gasteiger partial charge in [0.1, 0.15) is 11.8 Å². The van der Waals surface area contributed by atoms with Crippen molar-refractivity contribution in [3.05, 3.63) is 65.2 Å². The molecule has 0 fully saturated rings. The van der Waals surface area contributed by atoms with Crippen LogP contribution in [0.5, 0.6) is 5.75 Å². The van der Waals surface area contributed by atoms with Crippen LogP contribution < -0.4 is 16.0 Å². The first-order valence-corrected chi connectivity index (χ1v) is 9.00. The smallest absolute Gasteiger partial charge is 0.315 e. The maximum absolute atomic E-state index is 12.4. The molecule has 4 N–H and O–H groups in total. The first-order chi connectivity index (χ1) is 13.5. The summed E-state index contributed by atoms with van der Waals surface area (Å²) in [7, 11) is 0. The first-order valence-electron chi connectivity index (χ1n) is 9.00. The van der Waals surface area contributed by atoms with Gasteiger partial charge in [-0.05, 0) is 30.2 Å². The number of nitriles is 1. The lowest BCUT2D eigenvalue weighted by molar-refractivity contribution is -0.122. The topological polar surface area (TPSA) is 114 Å². The van der Waals surface area contributed by atoms with Crippen molar-refractivity contribution in [1.82, 2.24) is 16.0 Å². The molecule has 0 aromatic heterocycles. The summed E-state index contributed by atoms with van der Waals surface area (Å²) in [4.78, 5) is 24.7. The van der Waals surface area contributed by atoms with Crippen LogP contribution in [-0.4, -0.2) is 29.6 Å². The third-order valence-corrected chi connectivity index (χ3v) is 4.07. The van der Waals surface area contributed by atoms with Crippen LogP contribution in [0.25, 0.3) is 0 Å². The van der Waals surface area contributed by atoms with Crippen molar-refractivity contribution in [2.75, 3.05) is 6.54 Å². The Labute approximate surface area is 164 Å². The number of aryl methyl sites for hydroxylation is 1. The van der Waals surface area contributed by atoms with Gasteiger partial charge in [0, 0.05) is 19.5 Å². The van der Waals surface area contributed by atoms with E-state index in [1.54, 1.807) is 12.1 Å². The van der Waals surface area contributed by atoms with Crippen molar-refractivity contribution in [2.45, 2.75) is 32.4 Å². The Bertz CT molecular complexity index is 843. The van der Waals surface area contributed by atoms with Gasteiger partial charge in [-0.1, -0.05) is 42.0 Å². The Hall–Kier alpha value is -3.53. The lowest BCUT2D eigenvalue weighted by Crippen LogP contribution is -2.51. The van der Waals surface area contributed by atoms with Crippen molar-refractivity contribution < 1.29 is 14.7 Å². The summed E-state index contributed by atoms with van der Waals surface area (Å²) >= 11 is 0. The quantitative estimate of drug-likeness (QED) is 0.525. The first kappa shape index (κ1) is 20.8. The summed E-state index contributed by atoms with van der Waals surface area (Å²) in [6, 6.07) is 14.9. The van der Waals surface area contributed by atoms with Crippen LogP contribution in [0.3, 0.4) is 0 Å². The number of phenolic OH excluding ortho intramolecular Hbond substituents is 1. The van der Waals surface area contributed by atoms with E-state index in [-0.39, 0.29) is 31.0 Å². The number of carbonyl (C=O) groups is 2. The highest BCUT2D eigenvalue weighted by molar-refractivity contribution is 5.87. The fraction of sp³-hybridized carbons (Fsp3) is 0.286. The van der Waals surface area contributed by atoms with E-state index in [0.717, 1.165) is 16.7 Å². The maximum atomic E-state index is 12.4. The Kier molecular flexibility index (Phi) is 7.85. The Morgan fingerprint density at radius 2 is 1.86 bits per heavy atom. The molecule has 7 heteroatoms. The van der Waals surface area contributed by atoms with Crippen molar-refractivity contribution >= 4 is 11.9 Å². The second-order valence-electron chi connectivity index (χ2n) is 6.44. The molecule has 2 rings (SSSR count). The van der Waals surface area contributed by atoms with Crippen LogP contribution in [0.15, 0.2) is 48.5 Å². The molecule has 0 aliphatic rings. The number of carbonyl (C=O) groups excluding carboxylic acids is 2. The monoisotopic (exact) mass is 380 g/mol. The summed E-state index contributed by atoms with van der Waals surface area (Å²) in [5, 5.41) is 26.1. The molecule has 0 spiro atoms. The van der Waals surface area contributed by atoms with Crippen molar-refractivity contribution in [3.8, 4) is 11.8 Å². The van der Waals surface area contributed by atoms with E-state index in [4.69, 9.17) is 5.26 Å². The molecule has 0 saturated carbocycles. The Morgan fingerprint density at radius 1 is 1.11 bits per heavy atom. The van der Waals surface area contributed by atoms with Crippen LogP contribution in [-0.2, 0) is 17.8 Å². The minimum atomic E-state index is -0.805. The van der Waals surface area contributed by atoms with Crippen LogP contribution in [0, 0.1) is 18.3 Å². The lowest BCUT2D eigenvalue weighted by atomic mass is 10.1. The molecular weight excluding hydrogens is 356 g/mol. The molecule has 0 heterocycles. The molecule has 0 saturated heterocycles. The van der Waals surface area contributed by atoms with Crippen molar-refractivity contribution in [3.63, 3.8) is 0 Å². The third kappa shape index (κ3) is 7.00. The van der Waals surface area contributed by atoms with Gasteiger partial charge in [-0.2, -0.15) is 5.26 Å². The minimum Gasteiger partial charge on any atom is -0.508 e. The minimum absolute atomic E-state index is 0.127. The number of rotatable bonds is 8. The zero-order chi connectivity index (χ0) is 20.4. The molecule has 0 aliphatic carbocycles. The van der Waals surface area contributed by atoms with Gasteiger partial charge in [-0.25, -0.2) is 4.79 Å². The van der Waals surface area contributed by atoms with E-state index in [0.29, 0.717) is 6.54 Å². The van der Waals surface area contributed by atoms with E-state index in [2.05, 4.69) is 16.0 Å². The van der Waals surface area contributed by atoms with Gasteiger partial charge < -0.3 is 21.1 Å². The molecule has 1 unspecified atom stereocenters. The van der Waals surface area contributed by atoms with E-state index in [1.807, 2.05) is 37.3 Å². The highest BCUT2D eigenvalue weighted by atomic mass is 16.3. The molecule has 1 atom stereocenters. The highest BCUT2D eigenvalue weighted by Crippen LogP contribution is 2.11. The largest absolute Gasteiger partial charge is 0.508 e. The number of benzene rings is 2. The second kappa shape index (κ2) is 10.6. The van der Waals surface area contributed by atoms with Crippen LogP contribution >= 0.6 is 0 Å². The molecule has 3 amide bonds. The molecular formula is C21H24N4O3. The predicted molar refractivity (Wildman–Crippen MR) is 105 cm³/mol. The van der Waals surface area contributed by atoms with E-state index >= 15 is 0 Å². The van der Waals surface area contributed by atoms with Gasteiger partial charge in [-0.15, -0.1) is 0 Å². The van der Waals surface area contributed by atoms with Gasteiger partial charge in [-0.3, -0.25) is 4.79 Å². The van der Waals surface area contributed by atoms with Crippen LogP contribution in [0.1, 0.15) is 23.1 Å². The van der Waals surface area contributed by atoms with Crippen molar-refractivity contribution in [2.24, 2.45) is 0 Å². The number of aromatic hydroxyl groups is 1. The zero-order valence-electron chi connectivity index (χ0n) is 15.7. The molecule has 0 radical (unpaired) electrons. The number of hydrogen-bond donors (Lipinski definition) is 4. The number of urea groups is 1. The normalized spacial score (nSPS) is 11.1. The van der Waals surface area contributed by atoms with E-state index in [9.17, 15) is 14.7 Å². The molecule has 2 aromatic carbocycles. The van der Waals surface area contributed by atoms with E-state index in [1.165, 1.54) is 12.1 Å². The Balaban J connectivity index is 1.98. The number of amides is 3. The van der Waals surface area contributed by atoms with Gasteiger partial charge in [0.25, 0.3) is 0 Å². The Morgan fingerprint density at radius 3 is 2.54 bits per heavy atom. The average Bonchev–Trinajstić information content (AvgIpc) is 2.68. The molecule has 28 heavy (non-hydrogen) atoms. The van der Waals surface area contributed by atoms with E-state index < -0.39 is 12.1 Å². The van der Waals surface area contributed by atoms with Gasteiger partial charge in [0.05, 0.1) is 12.5 Å². The molecule has 7 nitrogen and oxygen atoms in total. The predicted octanol–water partition coefficient (Wildman–Crippen LogP) is 2.14. The number of phenols is 1.